The number of hydrogen-bond donors (Lipinski definition) is 1. The molecule has 0 aliphatic rings. The number of nitrogens with zero attached hydrogens (tertiary/aromatic N) is 4. The monoisotopic (exact) mass is 238 g/mol. The molecular weight excluding hydrogens is 224 g/mol. The zero-order chi connectivity index (χ0) is 11.5. The van der Waals surface area contributed by atoms with Crippen molar-refractivity contribution in [3.8, 4) is 0 Å². The fourth-order valence-corrected chi connectivity index (χ4v) is 2.39. The minimum Gasteiger partial charge on any atom is -0.390 e. The molecule has 0 fully saturated rings. The summed E-state index contributed by atoms with van der Waals surface area (Å²) < 4.78 is 3.75. The lowest BCUT2D eigenvalue weighted by Crippen LogP contribution is -1.99. The van der Waals surface area contributed by atoms with E-state index in [0.717, 1.165) is 22.3 Å². The van der Waals surface area contributed by atoms with Crippen molar-refractivity contribution in [2.75, 3.05) is 0 Å². The third-order valence-electron chi connectivity index (χ3n) is 2.48. The molecule has 0 aliphatic heterocycles. The van der Waals surface area contributed by atoms with Crippen LogP contribution in [0.25, 0.3) is 0 Å². The van der Waals surface area contributed by atoms with Crippen molar-refractivity contribution in [2.24, 2.45) is 14.1 Å². The zero-order valence-corrected chi connectivity index (χ0v) is 10.1. The molecule has 0 saturated heterocycles. The number of rotatable bonds is 4. The summed E-state index contributed by atoms with van der Waals surface area (Å²) in [5.74, 6) is 0.826. The Morgan fingerprint density at radius 3 is 2.75 bits per heavy atom. The third-order valence-corrected chi connectivity index (χ3v) is 3.55. The smallest absolute Gasteiger partial charge is 0.168 e. The second-order valence-corrected chi connectivity index (χ2v) is 4.43. The largest absolute Gasteiger partial charge is 0.390 e. The van der Waals surface area contributed by atoms with Gasteiger partial charge >= 0.3 is 0 Å². The van der Waals surface area contributed by atoms with E-state index in [4.69, 9.17) is 5.11 Å². The van der Waals surface area contributed by atoms with Gasteiger partial charge in [-0.05, 0) is 6.07 Å². The Hall–Kier alpha value is -1.27. The van der Waals surface area contributed by atoms with Gasteiger partial charge in [0.05, 0.1) is 18.5 Å². The molecule has 1 N–H and O–H groups in total. The maximum Gasteiger partial charge on any atom is 0.168 e. The van der Waals surface area contributed by atoms with Crippen molar-refractivity contribution in [3.05, 3.63) is 29.8 Å². The molecule has 0 spiro atoms. The van der Waals surface area contributed by atoms with Crippen molar-refractivity contribution in [3.63, 3.8) is 0 Å². The lowest BCUT2D eigenvalue weighted by molar-refractivity contribution is 0.271. The minimum atomic E-state index is 0.0236. The van der Waals surface area contributed by atoms with Crippen LogP contribution in [0.1, 0.15) is 11.4 Å². The third kappa shape index (κ3) is 2.12. The van der Waals surface area contributed by atoms with E-state index in [0.29, 0.717) is 0 Å². The molecule has 0 unspecified atom stereocenters. The quantitative estimate of drug-likeness (QED) is 0.805. The summed E-state index contributed by atoms with van der Waals surface area (Å²) in [6.45, 7) is 0.0236. The lowest BCUT2D eigenvalue weighted by atomic mass is 10.5. The normalized spacial score (nSPS) is 10.9. The highest BCUT2D eigenvalue weighted by atomic mass is 32.2. The number of aryl methyl sites for hydroxylation is 1. The van der Waals surface area contributed by atoms with E-state index in [9.17, 15) is 0 Å². The van der Waals surface area contributed by atoms with Gasteiger partial charge in [-0.1, -0.05) is 11.8 Å². The molecule has 0 atom stereocenters. The predicted molar refractivity (Wildman–Crippen MR) is 61.9 cm³/mol. The number of aromatic nitrogens is 4. The van der Waals surface area contributed by atoms with Crippen molar-refractivity contribution in [2.45, 2.75) is 17.5 Å². The van der Waals surface area contributed by atoms with Gasteiger partial charge in [0.2, 0.25) is 0 Å². The van der Waals surface area contributed by atoms with Crippen LogP contribution in [0.5, 0.6) is 0 Å². The second kappa shape index (κ2) is 4.71. The first-order valence-electron chi connectivity index (χ1n) is 4.93. The van der Waals surface area contributed by atoms with Crippen LogP contribution in [0.2, 0.25) is 0 Å². The highest BCUT2D eigenvalue weighted by Crippen LogP contribution is 2.21. The molecule has 5 nitrogen and oxygen atoms in total. The summed E-state index contributed by atoms with van der Waals surface area (Å²) in [6, 6.07) is 1.99. The Bertz CT molecular complexity index is 477. The van der Waals surface area contributed by atoms with Gasteiger partial charge < -0.3 is 9.67 Å². The molecule has 6 heteroatoms. The molecule has 2 rings (SSSR count). The van der Waals surface area contributed by atoms with E-state index in [1.807, 2.05) is 29.4 Å². The SMILES string of the molecule is Cn1nccc1CSc1ncc(CO)n1C. The van der Waals surface area contributed by atoms with Gasteiger partial charge in [0, 0.05) is 31.7 Å². The summed E-state index contributed by atoms with van der Waals surface area (Å²) >= 11 is 1.64. The molecule has 0 aliphatic carbocycles. The molecule has 2 aromatic heterocycles. The first-order chi connectivity index (χ1) is 7.72. The Balaban J connectivity index is 2.05. The number of hydrogen-bond acceptors (Lipinski definition) is 4. The summed E-state index contributed by atoms with van der Waals surface area (Å²) in [5, 5.41) is 14.1. The number of aliphatic hydroxyl groups is 1. The van der Waals surface area contributed by atoms with Crippen LogP contribution in [0.15, 0.2) is 23.6 Å². The van der Waals surface area contributed by atoms with Crippen molar-refractivity contribution >= 4 is 11.8 Å². The van der Waals surface area contributed by atoms with Crippen LogP contribution >= 0.6 is 11.8 Å². The van der Waals surface area contributed by atoms with E-state index >= 15 is 0 Å². The average molecular weight is 238 g/mol. The summed E-state index contributed by atoms with van der Waals surface area (Å²) in [6.07, 6.45) is 3.49. The van der Waals surface area contributed by atoms with Crippen LogP contribution in [0.4, 0.5) is 0 Å². The predicted octanol–water partition coefficient (Wildman–Crippen LogP) is 0.938. The highest BCUT2D eigenvalue weighted by molar-refractivity contribution is 7.98. The minimum absolute atomic E-state index is 0.0236. The summed E-state index contributed by atoms with van der Waals surface area (Å²) in [4.78, 5) is 4.25. The van der Waals surface area contributed by atoms with E-state index in [1.54, 1.807) is 24.2 Å². The van der Waals surface area contributed by atoms with Gasteiger partial charge in [0.15, 0.2) is 5.16 Å². The van der Waals surface area contributed by atoms with Gasteiger partial charge in [0.1, 0.15) is 0 Å². The van der Waals surface area contributed by atoms with Crippen molar-refractivity contribution in [1.29, 1.82) is 0 Å². The second-order valence-electron chi connectivity index (χ2n) is 3.48. The molecule has 0 bridgehead atoms. The number of imidazole rings is 1. The molecular formula is C10H14N4OS. The molecule has 0 aromatic carbocycles. The van der Waals surface area contributed by atoms with Gasteiger partial charge in [-0.25, -0.2) is 4.98 Å². The van der Waals surface area contributed by atoms with Crippen molar-refractivity contribution < 1.29 is 5.11 Å². The Morgan fingerprint density at radius 1 is 1.38 bits per heavy atom. The molecule has 86 valence electrons. The average Bonchev–Trinajstić information content (AvgIpc) is 2.83. The summed E-state index contributed by atoms with van der Waals surface area (Å²) in [7, 11) is 3.83. The Morgan fingerprint density at radius 2 is 2.19 bits per heavy atom. The van der Waals surface area contributed by atoms with Gasteiger partial charge in [0.25, 0.3) is 0 Å². The van der Waals surface area contributed by atoms with E-state index in [-0.39, 0.29) is 6.61 Å². The van der Waals surface area contributed by atoms with Crippen LogP contribution in [-0.2, 0) is 26.5 Å². The topological polar surface area (TPSA) is 55.9 Å². The van der Waals surface area contributed by atoms with E-state index in [2.05, 4.69) is 10.1 Å². The molecule has 0 radical (unpaired) electrons. The lowest BCUT2D eigenvalue weighted by Gasteiger charge is -2.04. The van der Waals surface area contributed by atoms with Crippen LogP contribution in [-0.4, -0.2) is 24.4 Å². The van der Waals surface area contributed by atoms with Gasteiger partial charge in [-0.3, -0.25) is 4.68 Å². The maximum absolute atomic E-state index is 9.04. The Kier molecular flexibility index (Phi) is 3.31. The Labute approximate surface area is 98.1 Å². The van der Waals surface area contributed by atoms with Crippen molar-refractivity contribution in [1.82, 2.24) is 19.3 Å². The first kappa shape index (κ1) is 11.2. The summed E-state index contributed by atoms with van der Waals surface area (Å²) in [5.41, 5.74) is 1.98. The molecule has 0 amide bonds. The fourth-order valence-electron chi connectivity index (χ4n) is 1.39. The van der Waals surface area contributed by atoms with E-state index < -0.39 is 0 Å². The maximum atomic E-state index is 9.04. The standard InChI is InChI=1S/C10H14N4OS/c1-13-9(6-15)5-11-10(13)16-7-8-3-4-12-14(8)2/h3-5,15H,6-7H2,1-2H3. The molecule has 2 aromatic rings. The molecule has 16 heavy (non-hydrogen) atoms. The highest BCUT2D eigenvalue weighted by Gasteiger charge is 2.07. The fraction of sp³-hybridized carbons (Fsp3) is 0.400. The van der Waals surface area contributed by atoms with Crippen LogP contribution in [0.3, 0.4) is 0 Å². The number of aliphatic hydroxyl groups excluding tert-OH is 1. The van der Waals surface area contributed by atoms with Crippen LogP contribution < -0.4 is 0 Å². The number of thioether (sulfide) groups is 1. The molecule has 0 saturated carbocycles. The van der Waals surface area contributed by atoms with Gasteiger partial charge in [-0.2, -0.15) is 5.10 Å². The first-order valence-corrected chi connectivity index (χ1v) is 5.92. The van der Waals surface area contributed by atoms with Gasteiger partial charge in [-0.15, -0.1) is 0 Å². The van der Waals surface area contributed by atoms with Crippen LogP contribution in [0, 0.1) is 0 Å². The zero-order valence-electron chi connectivity index (χ0n) is 9.29. The van der Waals surface area contributed by atoms with E-state index in [1.165, 1.54) is 0 Å². The molecule has 2 heterocycles.